The Morgan fingerprint density at radius 1 is 1.23 bits per heavy atom. The molecule has 6 heterocycles. The lowest BCUT2D eigenvalue weighted by Crippen LogP contribution is -2.57. The molecule has 4 aliphatic heterocycles. The van der Waals surface area contributed by atoms with Crippen LogP contribution < -0.4 is 9.64 Å². The number of carbonyl (C=O) groups is 1. The van der Waals surface area contributed by atoms with Crippen molar-refractivity contribution in [2.24, 2.45) is 0 Å². The van der Waals surface area contributed by atoms with Gasteiger partial charge in [-0.15, -0.1) is 0 Å². The number of halogens is 3. The fourth-order valence-electron chi connectivity index (χ4n) is 6.64. The van der Waals surface area contributed by atoms with E-state index in [1.165, 1.54) is 6.20 Å². The molecule has 0 unspecified atom stereocenters. The predicted molar refractivity (Wildman–Crippen MR) is 142 cm³/mol. The summed E-state index contributed by atoms with van der Waals surface area (Å²) in [5, 5.41) is 0.119. The molecule has 0 aliphatic carbocycles. The number of piperazine rings is 1. The van der Waals surface area contributed by atoms with Gasteiger partial charge in [-0.2, -0.15) is 9.97 Å². The first-order valence-corrected chi connectivity index (χ1v) is 13.8. The summed E-state index contributed by atoms with van der Waals surface area (Å²) in [5.41, 5.74) is -0.0561. The van der Waals surface area contributed by atoms with Gasteiger partial charge >= 0.3 is 12.1 Å². The summed E-state index contributed by atoms with van der Waals surface area (Å²) < 4.78 is 41.3. The van der Waals surface area contributed by atoms with Crippen LogP contribution in [0, 0.1) is 5.82 Å². The van der Waals surface area contributed by atoms with Crippen molar-refractivity contribution in [3.05, 3.63) is 29.3 Å². The summed E-state index contributed by atoms with van der Waals surface area (Å²) in [6, 6.07) is -0.153. The third kappa shape index (κ3) is 4.77. The van der Waals surface area contributed by atoms with E-state index in [9.17, 15) is 9.18 Å². The van der Waals surface area contributed by atoms with E-state index < -0.39 is 23.1 Å². The Kier molecular flexibility index (Phi) is 6.37. The minimum absolute atomic E-state index is 0.00488. The smallest absolute Gasteiger partial charge is 0.410 e. The average molecular weight is 563 g/mol. The normalized spacial score (nSPS) is 28.9. The van der Waals surface area contributed by atoms with Gasteiger partial charge in [0, 0.05) is 38.8 Å². The van der Waals surface area contributed by atoms with Gasteiger partial charge in [-0.1, -0.05) is 23.8 Å². The highest BCUT2D eigenvalue weighted by Crippen LogP contribution is 2.42. The van der Waals surface area contributed by atoms with Gasteiger partial charge in [-0.25, -0.2) is 18.6 Å². The molecule has 2 bridgehead atoms. The van der Waals surface area contributed by atoms with Crippen molar-refractivity contribution in [2.45, 2.75) is 75.8 Å². The van der Waals surface area contributed by atoms with Crippen molar-refractivity contribution in [3.8, 4) is 6.01 Å². The fraction of sp³-hybridized carbons (Fsp3) is 0.630. The minimum Gasteiger partial charge on any atom is -0.461 e. The molecule has 1 amide bonds. The van der Waals surface area contributed by atoms with Gasteiger partial charge in [0.1, 0.15) is 29.7 Å². The van der Waals surface area contributed by atoms with E-state index in [0.717, 1.165) is 18.4 Å². The molecular formula is C27H33ClF2N6O3. The maximum Gasteiger partial charge on any atom is 0.410 e. The molecule has 9 nitrogen and oxygen atoms in total. The van der Waals surface area contributed by atoms with Crippen LogP contribution in [0.4, 0.5) is 19.4 Å². The SMILES string of the molecule is C=C1CN2C[C@@H](F)C[C@@]2(COc2nc(N3C[C@H]4CC[C@@H](C3)N4C(=O)OC(C)(C)C)c3cnc(Cl)c(F)c3n2)C1. The summed E-state index contributed by atoms with van der Waals surface area (Å²) >= 11 is 6.01. The number of amides is 1. The number of nitrogens with zero attached hydrogens (tertiary/aromatic N) is 6. The van der Waals surface area contributed by atoms with Gasteiger partial charge in [-0.3, -0.25) is 9.80 Å². The Morgan fingerprint density at radius 3 is 2.64 bits per heavy atom. The number of carbonyl (C=O) groups excluding carboxylic acids is 1. The Hall–Kier alpha value is -2.79. The number of pyridine rings is 1. The first-order valence-electron chi connectivity index (χ1n) is 13.4. The lowest BCUT2D eigenvalue weighted by molar-refractivity contribution is 0.0122. The third-order valence-corrected chi connectivity index (χ3v) is 8.40. The molecule has 0 radical (unpaired) electrons. The van der Waals surface area contributed by atoms with Gasteiger partial charge in [0.2, 0.25) is 0 Å². The van der Waals surface area contributed by atoms with Gasteiger partial charge in [0.15, 0.2) is 11.0 Å². The van der Waals surface area contributed by atoms with Crippen molar-refractivity contribution in [1.29, 1.82) is 0 Å². The number of fused-ring (bicyclic) bond motifs is 4. The Bertz CT molecular complexity index is 1320. The first kappa shape index (κ1) is 26.4. The van der Waals surface area contributed by atoms with Crippen LogP contribution in [0.1, 0.15) is 46.5 Å². The second-order valence-corrected chi connectivity index (χ2v) is 12.6. The van der Waals surface area contributed by atoms with E-state index in [2.05, 4.69) is 21.4 Å². The van der Waals surface area contributed by atoms with E-state index in [-0.39, 0.29) is 41.5 Å². The van der Waals surface area contributed by atoms with Crippen molar-refractivity contribution in [3.63, 3.8) is 0 Å². The summed E-state index contributed by atoms with van der Waals surface area (Å²) in [7, 11) is 0. The molecule has 0 spiro atoms. The molecule has 4 saturated heterocycles. The van der Waals surface area contributed by atoms with Crippen LogP contribution in [0.2, 0.25) is 5.15 Å². The Morgan fingerprint density at radius 2 is 1.95 bits per heavy atom. The maximum absolute atomic E-state index is 15.2. The molecule has 210 valence electrons. The number of rotatable bonds is 4. The van der Waals surface area contributed by atoms with Gasteiger partial charge in [-0.05, 0) is 40.0 Å². The maximum atomic E-state index is 15.2. The standard InChI is InChI=1S/C27H33ClF2N6O3/c1-15-7-27(8-16(29)11-35(27)10-15)14-38-24-32-21-19(9-31-22(28)20(21)30)23(33-24)34-12-17-5-6-18(13-34)36(17)25(37)39-26(2,3)4/h9,16-18H,1,5-8,10-14H2,2-4H3/t16-,17-,18+,27+/m0/s1. The molecular weight excluding hydrogens is 530 g/mol. The zero-order valence-electron chi connectivity index (χ0n) is 22.4. The summed E-state index contributed by atoms with van der Waals surface area (Å²) in [6.45, 7) is 11.8. The van der Waals surface area contributed by atoms with Crippen LogP contribution in [-0.4, -0.2) is 93.0 Å². The number of hydrogen-bond donors (Lipinski definition) is 0. The first-order chi connectivity index (χ1) is 18.4. The molecule has 2 aromatic heterocycles. The van der Waals surface area contributed by atoms with Gasteiger partial charge < -0.3 is 14.4 Å². The summed E-state index contributed by atoms with van der Waals surface area (Å²) in [4.78, 5) is 31.9. The highest BCUT2D eigenvalue weighted by Gasteiger charge is 2.51. The second kappa shape index (κ2) is 9.40. The Balaban J connectivity index is 1.30. The van der Waals surface area contributed by atoms with Crippen molar-refractivity contribution in [1.82, 2.24) is 24.8 Å². The van der Waals surface area contributed by atoms with Crippen LogP contribution in [0.5, 0.6) is 6.01 Å². The quantitative estimate of drug-likeness (QED) is 0.397. The number of hydrogen-bond acceptors (Lipinski definition) is 8. The highest BCUT2D eigenvalue weighted by molar-refractivity contribution is 6.30. The van der Waals surface area contributed by atoms with E-state index in [1.54, 1.807) is 0 Å². The Labute approximate surface area is 231 Å². The molecule has 4 fully saturated rings. The summed E-state index contributed by atoms with van der Waals surface area (Å²) in [6.07, 6.45) is 2.84. The van der Waals surface area contributed by atoms with Crippen LogP contribution in [0.25, 0.3) is 10.9 Å². The highest BCUT2D eigenvalue weighted by atomic mass is 35.5. The van der Waals surface area contributed by atoms with E-state index in [4.69, 9.17) is 26.1 Å². The van der Waals surface area contributed by atoms with Crippen LogP contribution >= 0.6 is 11.6 Å². The lowest BCUT2D eigenvalue weighted by Gasteiger charge is -2.42. The fourth-order valence-corrected chi connectivity index (χ4v) is 6.78. The number of anilines is 1. The van der Waals surface area contributed by atoms with Gasteiger partial charge in [0.25, 0.3) is 0 Å². The number of ether oxygens (including phenoxy) is 2. The summed E-state index contributed by atoms with van der Waals surface area (Å²) in [5.74, 6) is -0.282. The second-order valence-electron chi connectivity index (χ2n) is 12.3. The number of aromatic nitrogens is 3. The van der Waals surface area contributed by atoms with Crippen LogP contribution in [0.15, 0.2) is 18.3 Å². The van der Waals surface area contributed by atoms with Crippen molar-refractivity contribution >= 4 is 34.4 Å². The zero-order chi connectivity index (χ0) is 27.7. The zero-order valence-corrected chi connectivity index (χ0v) is 23.2. The predicted octanol–water partition coefficient (Wildman–Crippen LogP) is 4.53. The third-order valence-electron chi connectivity index (χ3n) is 8.14. The molecule has 4 aliphatic rings. The molecule has 0 saturated carbocycles. The molecule has 39 heavy (non-hydrogen) atoms. The number of alkyl halides is 1. The van der Waals surface area contributed by atoms with Crippen LogP contribution in [0.3, 0.4) is 0 Å². The molecule has 4 atom stereocenters. The molecule has 12 heteroatoms. The average Bonchev–Trinajstić information content (AvgIpc) is 3.42. The molecule has 2 aromatic rings. The largest absolute Gasteiger partial charge is 0.461 e. The molecule has 6 rings (SSSR count). The van der Waals surface area contributed by atoms with Crippen molar-refractivity contribution in [2.75, 3.05) is 37.7 Å². The van der Waals surface area contributed by atoms with Gasteiger partial charge in [0.05, 0.1) is 23.0 Å². The van der Waals surface area contributed by atoms with Crippen molar-refractivity contribution < 1.29 is 23.0 Å². The minimum atomic E-state index is -0.936. The molecule has 0 N–H and O–H groups in total. The van der Waals surface area contributed by atoms with E-state index >= 15 is 4.39 Å². The lowest BCUT2D eigenvalue weighted by atomic mass is 9.93. The van der Waals surface area contributed by atoms with Crippen LogP contribution in [-0.2, 0) is 4.74 Å². The van der Waals surface area contributed by atoms with E-state index in [1.807, 2.05) is 30.6 Å². The van der Waals surface area contributed by atoms with E-state index in [0.29, 0.717) is 50.2 Å². The monoisotopic (exact) mass is 562 g/mol. The molecule has 0 aromatic carbocycles. The topological polar surface area (TPSA) is 83.9 Å².